The van der Waals surface area contributed by atoms with Crippen LogP contribution in [-0.2, 0) is 9.22 Å². The maximum Gasteiger partial charge on any atom is 0.183 e. The summed E-state index contributed by atoms with van der Waals surface area (Å²) in [5.41, 5.74) is 0.304. The van der Waals surface area contributed by atoms with E-state index >= 15 is 0 Å². The zero-order chi connectivity index (χ0) is 22.5. The van der Waals surface area contributed by atoms with Crippen molar-refractivity contribution in [3.63, 3.8) is 0 Å². The molecule has 0 radical (unpaired) electrons. The van der Waals surface area contributed by atoms with Crippen molar-refractivity contribution in [1.29, 1.82) is 0 Å². The van der Waals surface area contributed by atoms with Crippen LogP contribution in [0.3, 0.4) is 0 Å². The van der Waals surface area contributed by atoms with E-state index < -0.39 is 13.9 Å². The molecule has 30 heavy (non-hydrogen) atoms. The van der Waals surface area contributed by atoms with Crippen molar-refractivity contribution in [2.45, 2.75) is 97.4 Å². The van der Waals surface area contributed by atoms with E-state index in [2.05, 4.69) is 33.5 Å². The van der Waals surface area contributed by atoms with Crippen LogP contribution in [0.15, 0.2) is 11.8 Å². The second kappa shape index (κ2) is 8.04. The van der Waals surface area contributed by atoms with Gasteiger partial charge in [0.25, 0.3) is 0 Å². The summed E-state index contributed by atoms with van der Waals surface area (Å²) in [6, 6.07) is 0. The van der Waals surface area contributed by atoms with Crippen LogP contribution in [0, 0.1) is 34.5 Å². The summed E-state index contributed by atoms with van der Waals surface area (Å²) in [6.45, 7) is 13.2. The Balaban J connectivity index is 0.000000377. The molecule has 4 nitrogen and oxygen atoms in total. The van der Waals surface area contributed by atoms with Crippen LogP contribution in [0.1, 0.15) is 72.1 Å². The molecule has 0 saturated heterocycles. The lowest BCUT2D eigenvalue weighted by atomic mass is 9.44. The highest BCUT2D eigenvalue weighted by molar-refractivity contribution is 6.69. The first-order chi connectivity index (χ1) is 13.8. The van der Waals surface area contributed by atoms with Gasteiger partial charge in [0, 0.05) is 19.1 Å². The molecule has 0 aromatic carbocycles. The molecule has 4 aliphatic rings. The van der Waals surface area contributed by atoms with Gasteiger partial charge >= 0.3 is 0 Å². The van der Waals surface area contributed by atoms with Gasteiger partial charge in [0.1, 0.15) is 0 Å². The molecular formula is C25H44O4Si. The number of aliphatic hydroxyl groups excluding tert-OH is 1. The molecule has 4 rings (SSSR count). The number of rotatable bonds is 1. The first kappa shape index (κ1) is 24.0. The number of Topliss-reactive ketones (excluding diaryl/α,β-unsaturated/α-hetero) is 1. The van der Waals surface area contributed by atoms with Crippen molar-refractivity contribution in [2.75, 3.05) is 7.11 Å². The van der Waals surface area contributed by atoms with Crippen molar-refractivity contribution >= 4 is 14.1 Å². The summed E-state index contributed by atoms with van der Waals surface area (Å²) in [5.74, 6) is 2.55. The molecule has 0 bridgehead atoms. The summed E-state index contributed by atoms with van der Waals surface area (Å²) in [6.07, 6.45) is 9.11. The van der Waals surface area contributed by atoms with Crippen LogP contribution in [0.2, 0.25) is 19.6 Å². The Morgan fingerprint density at radius 2 is 1.63 bits per heavy atom. The third-order valence-corrected chi connectivity index (χ3v) is 11.0. The fourth-order valence-electron chi connectivity index (χ4n) is 7.37. The van der Waals surface area contributed by atoms with Crippen LogP contribution in [0.25, 0.3) is 0 Å². The second-order valence-electron chi connectivity index (χ2n) is 12.2. The smallest absolute Gasteiger partial charge is 0.183 e. The van der Waals surface area contributed by atoms with Crippen LogP contribution >= 0.6 is 0 Å². The number of allylic oxidation sites excluding steroid dienone is 1. The maximum absolute atomic E-state index is 12.2. The summed E-state index contributed by atoms with van der Waals surface area (Å²) in [5, 5.41) is 20.5. The van der Waals surface area contributed by atoms with E-state index in [0.717, 1.165) is 44.8 Å². The first-order valence-electron chi connectivity index (χ1n) is 11.9. The van der Waals surface area contributed by atoms with Crippen molar-refractivity contribution in [3.05, 3.63) is 11.8 Å². The van der Waals surface area contributed by atoms with Crippen LogP contribution in [0.5, 0.6) is 0 Å². The standard InChI is InChI=1S/C21H32O3.C4H12OSi/c1-19-11-13(12-22)18(23)10-14(19)4-5-15-16(19)6-8-20(2)17(15)7-9-21(20,3)24;1-5-6(2,3)4/h12,14-17,22,24H,4-11H2,1-3H3;1-4H3/b13-12-;/t14-,15+,16-,17-,19-,20-,21-;/m0./s1. The van der Waals surface area contributed by atoms with E-state index in [1.54, 1.807) is 7.11 Å². The number of fused-ring (bicyclic) bond motifs is 5. The van der Waals surface area contributed by atoms with Gasteiger partial charge in [0.2, 0.25) is 0 Å². The van der Waals surface area contributed by atoms with E-state index in [1.165, 1.54) is 6.42 Å². The highest BCUT2D eigenvalue weighted by Crippen LogP contribution is 2.68. The number of carbonyl (C=O) groups excluding carboxylic acids is 1. The summed E-state index contributed by atoms with van der Waals surface area (Å²) in [7, 11) is 0.639. The van der Waals surface area contributed by atoms with E-state index in [4.69, 9.17) is 4.43 Å². The summed E-state index contributed by atoms with van der Waals surface area (Å²) >= 11 is 0. The van der Waals surface area contributed by atoms with Crippen molar-refractivity contribution < 1.29 is 19.4 Å². The average Bonchev–Trinajstić information content (AvgIpc) is 2.91. The molecule has 0 heterocycles. The van der Waals surface area contributed by atoms with Gasteiger partial charge in [-0.25, -0.2) is 0 Å². The molecular weight excluding hydrogens is 392 g/mol. The molecule has 0 amide bonds. The van der Waals surface area contributed by atoms with Gasteiger partial charge in [-0.2, -0.15) is 0 Å². The quantitative estimate of drug-likeness (QED) is 0.306. The monoisotopic (exact) mass is 436 g/mol. The molecule has 2 N–H and O–H groups in total. The van der Waals surface area contributed by atoms with Gasteiger partial charge in [-0.1, -0.05) is 13.8 Å². The van der Waals surface area contributed by atoms with Crippen LogP contribution in [-0.4, -0.2) is 37.0 Å². The molecule has 0 spiro atoms. The molecule has 7 atom stereocenters. The Morgan fingerprint density at radius 3 is 2.20 bits per heavy atom. The van der Waals surface area contributed by atoms with Crippen molar-refractivity contribution in [3.8, 4) is 0 Å². The van der Waals surface area contributed by atoms with Gasteiger partial charge in [0.15, 0.2) is 14.1 Å². The van der Waals surface area contributed by atoms with Crippen LogP contribution < -0.4 is 0 Å². The van der Waals surface area contributed by atoms with Gasteiger partial charge < -0.3 is 14.6 Å². The van der Waals surface area contributed by atoms with E-state index in [-0.39, 0.29) is 16.6 Å². The second-order valence-corrected chi connectivity index (χ2v) is 16.8. The van der Waals surface area contributed by atoms with Gasteiger partial charge in [-0.3, -0.25) is 4.79 Å². The molecule has 4 saturated carbocycles. The molecule has 0 aromatic rings. The lowest BCUT2D eigenvalue weighted by molar-refractivity contribution is -0.147. The largest absolute Gasteiger partial charge is 0.515 e. The Kier molecular flexibility index (Phi) is 6.43. The van der Waals surface area contributed by atoms with Gasteiger partial charge in [-0.15, -0.1) is 0 Å². The van der Waals surface area contributed by atoms with E-state index in [0.29, 0.717) is 35.7 Å². The molecule has 4 aliphatic carbocycles. The highest BCUT2D eigenvalue weighted by atomic mass is 28.4. The fraction of sp³-hybridized carbons (Fsp3) is 0.880. The number of ketones is 1. The molecule has 5 heteroatoms. The minimum absolute atomic E-state index is 0.0531. The molecule has 172 valence electrons. The van der Waals surface area contributed by atoms with Crippen LogP contribution in [0.4, 0.5) is 0 Å². The van der Waals surface area contributed by atoms with Crippen molar-refractivity contribution in [2.24, 2.45) is 34.5 Å². The zero-order valence-corrected chi connectivity index (χ0v) is 21.3. The third-order valence-electron chi connectivity index (χ3n) is 9.76. The number of hydrogen-bond donors (Lipinski definition) is 2. The van der Waals surface area contributed by atoms with E-state index in [1.807, 2.05) is 6.92 Å². The average molecular weight is 437 g/mol. The summed E-state index contributed by atoms with van der Waals surface area (Å²) in [4.78, 5) is 12.2. The lowest BCUT2D eigenvalue weighted by Crippen LogP contribution is -2.56. The van der Waals surface area contributed by atoms with Gasteiger partial charge in [-0.05, 0) is 106 Å². The zero-order valence-electron chi connectivity index (χ0n) is 20.3. The number of carbonyl (C=O) groups is 1. The highest BCUT2D eigenvalue weighted by Gasteiger charge is 2.63. The summed E-state index contributed by atoms with van der Waals surface area (Å²) < 4.78 is 5.08. The Bertz CT molecular complexity index is 694. The Hall–Kier alpha value is -0.653. The number of hydrogen-bond acceptors (Lipinski definition) is 4. The Labute approximate surface area is 184 Å². The fourth-order valence-corrected chi connectivity index (χ4v) is 7.37. The predicted molar refractivity (Wildman–Crippen MR) is 124 cm³/mol. The van der Waals surface area contributed by atoms with E-state index in [9.17, 15) is 15.0 Å². The lowest BCUT2D eigenvalue weighted by Gasteiger charge is -2.61. The minimum Gasteiger partial charge on any atom is -0.515 e. The first-order valence-corrected chi connectivity index (χ1v) is 15.3. The third kappa shape index (κ3) is 3.95. The maximum atomic E-state index is 12.2. The number of aliphatic hydroxyl groups is 2. The van der Waals surface area contributed by atoms with Gasteiger partial charge in [0.05, 0.1) is 11.9 Å². The predicted octanol–water partition coefficient (Wildman–Crippen LogP) is 5.87. The minimum atomic E-state index is -1.13. The molecule has 0 unspecified atom stereocenters. The van der Waals surface area contributed by atoms with Crippen molar-refractivity contribution in [1.82, 2.24) is 0 Å². The normalized spacial score (nSPS) is 47.1. The molecule has 0 aliphatic heterocycles. The topological polar surface area (TPSA) is 66.8 Å². The molecule has 4 fully saturated rings. The molecule has 0 aromatic heterocycles. The Morgan fingerprint density at radius 1 is 1.03 bits per heavy atom. The SMILES string of the molecule is CO[Si](C)(C)C.C[C@]12C/C(=C/O)C(=O)C[C@@H]1CC[C@@H]1[C@@H]2CC[C@@]2(C)[C@H]1CC[C@]2(C)O.